The van der Waals surface area contributed by atoms with Crippen LogP contribution >= 0.6 is 0 Å². The average molecular weight is 429 g/mol. The molecule has 3 aromatic carbocycles. The van der Waals surface area contributed by atoms with Gasteiger partial charge in [-0.15, -0.1) is 0 Å². The molecule has 0 N–H and O–H groups in total. The highest BCUT2D eigenvalue weighted by Gasteiger charge is 2.20. The first-order chi connectivity index (χ1) is 16.3. The maximum atomic E-state index is 5.75. The first-order valence-electron chi connectivity index (χ1n) is 11.0. The number of nitrogens with zero attached hydrogens (tertiary/aromatic N) is 5. The van der Waals surface area contributed by atoms with Crippen LogP contribution in [0.2, 0.25) is 0 Å². The van der Waals surface area contributed by atoms with E-state index in [1.807, 2.05) is 41.0 Å². The Morgan fingerprint density at radius 1 is 0.758 bits per heavy atom. The summed E-state index contributed by atoms with van der Waals surface area (Å²) in [6.07, 6.45) is 1.66. The highest BCUT2D eigenvalue weighted by molar-refractivity contribution is 6.08. The van der Waals surface area contributed by atoms with E-state index in [0.29, 0.717) is 22.9 Å². The summed E-state index contributed by atoms with van der Waals surface area (Å²) < 4.78 is 10.1. The minimum Gasteiger partial charge on any atom is -0.461 e. The van der Waals surface area contributed by atoms with E-state index in [9.17, 15) is 0 Å². The van der Waals surface area contributed by atoms with Crippen molar-refractivity contribution >= 4 is 44.1 Å². The number of aromatic nitrogens is 5. The normalized spacial score (nSPS) is 11.9. The third-order valence-corrected chi connectivity index (χ3v) is 6.24. The second-order valence-corrected chi connectivity index (χ2v) is 8.07. The van der Waals surface area contributed by atoms with Crippen LogP contribution in [0.5, 0.6) is 0 Å². The lowest BCUT2D eigenvalue weighted by Crippen LogP contribution is -1.99. The maximum Gasteiger partial charge on any atom is 0.199 e. The number of rotatable bonds is 3. The topological polar surface area (TPSA) is 61.7 Å². The highest BCUT2D eigenvalue weighted by atomic mass is 16.3. The summed E-state index contributed by atoms with van der Waals surface area (Å²) in [6, 6.07) is 26.7. The van der Waals surface area contributed by atoms with Crippen molar-refractivity contribution in [3.63, 3.8) is 0 Å². The van der Waals surface area contributed by atoms with Crippen molar-refractivity contribution in [3.05, 3.63) is 85.1 Å². The predicted octanol–water partition coefficient (Wildman–Crippen LogP) is 6.36. The van der Waals surface area contributed by atoms with Crippen LogP contribution in [0, 0.1) is 0 Å². The Labute approximate surface area is 188 Å². The fraction of sp³-hybridized carbons (Fsp3) is 0.0741. The predicted molar refractivity (Wildman–Crippen MR) is 131 cm³/mol. The van der Waals surface area contributed by atoms with Crippen LogP contribution in [0.25, 0.3) is 61.4 Å². The largest absolute Gasteiger partial charge is 0.461 e. The maximum absolute atomic E-state index is 5.75. The minimum atomic E-state index is 0.594. The van der Waals surface area contributed by atoms with Crippen LogP contribution in [0.15, 0.2) is 89.5 Å². The van der Waals surface area contributed by atoms with E-state index in [2.05, 4.69) is 54.0 Å². The van der Waals surface area contributed by atoms with E-state index < -0.39 is 0 Å². The molecule has 0 saturated heterocycles. The van der Waals surface area contributed by atoms with Crippen LogP contribution in [0.4, 0.5) is 0 Å². The molecule has 0 unspecified atom stereocenters. The molecule has 158 valence electrons. The fourth-order valence-electron chi connectivity index (χ4n) is 4.79. The van der Waals surface area contributed by atoms with Gasteiger partial charge in [0.05, 0.1) is 23.0 Å². The molecule has 0 aliphatic rings. The monoisotopic (exact) mass is 429 g/mol. The molecular weight excluding hydrogens is 410 g/mol. The molecule has 0 fully saturated rings. The van der Waals surface area contributed by atoms with Gasteiger partial charge < -0.3 is 8.98 Å². The number of hydrogen-bond acceptors (Lipinski definition) is 4. The molecule has 4 aromatic heterocycles. The number of furan rings is 1. The number of hydrogen-bond donors (Lipinski definition) is 0. The molecule has 7 aromatic rings. The zero-order chi connectivity index (χ0) is 21.9. The quantitative estimate of drug-likeness (QED) is 0.328. The fourth-order valence-corrected chi connectivity index (χ4v) is 4.79. The van der Waals surface area contributed by atoms with E-state index in [4.69, 9.17) is 19.4 Å². The van der Waals surface area contributed by atoms with Crippen LogP contribution in [0.3, 0.4) is 0 Å². The van der Waals surface area contributed by atoms with E-state index >= 15 is 0 Å². The summed E-state index contributed by atoms with van der Waals surface area (Å²) in [5.41, 5.74) is 6.38. The summed E-state index contributed by atoms with van der Waals surface area (Å²) in [4.78, 5) is 14.6. The van der Waals surface area contributed by atoms with Crippen LogP contribution in [0.1, 0.15) is 6.92 Å². The molecule has 6 nitrogen and oxygen atoms in total. The molecule has 0 saturated carbocycles. The van der Waals surface area contributed by atoms with Gasteiger partial charge in [0, 0.05) is 28.4 Å². The van der Waals surface area contributed by atoms with Crippen molar-refractivity contribution in [1.82, 2.24) is 24.1 Å². The van der Waals surface area contributed by atoms with Gasteiger partial charge in [0.2, 0.25) is 0 Å². The van der Waals surface area contributed by atoms with Crippen molar-refractivity contribution < 1.29 is 4.42 Å². The van der Waals surface area contributed by atoms with Gasteiger partial charge in [-0.1, -0.05) is 30.3 Å². The molecule has 0 bridgehead atoms. The van der Waals surface area contributed by atoms with Crippen LogP contribution in [-0.4, -0.2) is 24.1 Å². The van der Waals surface area contributed by atoms with Gasteiger partial charge in [0.15, 0.2) is 22.9 Å². The molecule has 0 aliphatic carbocycles. The molecule has 33 heavy (non-hydrogen) atoms. The Morgan fingerprint density at radius 3 is 2.36 bits per heavy atom. The third kappa shape index (κ3) is 2.58. The van der Waals surface area contributed by atoms with Gasteiger partial charge in [-0.3, -0.25) is 4.57 Å². The molecular formula is C27H19N5O. The lowest BCUT2D eigenvalue weighted by molar-refractivity contribution is 0.576. The van der Waals surface area contributed by atoms with Crippen molar-refractivity contribution in [3.8, 4) is 17.3 Å². The van der Waals surface area contributed by atoms with Gasteiger partial charge in [-0.05, 0) is 55.5 Å². The molecule has 4 heterocycles. The zero-order valence-corrected chi connectivity index (χ0v) is 17.9. The summed E-state index contributed by atoms with van der Waals surface area (Å²) >= 11 is 0. The van der Waals surface area contributed by atoms with E-state index in [-0.39, 0.29) is 0 Å². The molecule has 0 spiro atoms. The Balaban J connectivity index is 1.59. The van der Waals surface area contributed by atoms with Crippen molar-refractivity contribution in [2.75, 3.05) is 0 Å². The Hall–Kier alpha value is -4.45. The number of fused-ring (bicyclic) bond motifs is 5. The Bertz CT molecular complexity index is 1810. The molecule has 0 aliphatic heterocycles. The molecule has 0 atom stereocenters. The number of para-hydroxylation sites is 3. The summed E-state index contributed by atoms with van der Waals surface area (Å²) in [5.74, 6) is 1.36. The average Bonchev–Trinajstić information content (AvgIpc) is 3.58. The van der Waals surface area contributed by atoms with Crippen LogP contribution < -0.4 is 0 Å². The molecule has 0 radical (unpaired) electrons. The lowest BCUT2D eigenvalue weighted by Gasteiger charge is -2.09. The van der Waals surface area contributed by atoms with Crippen molar-refractivity contribution in [1.29, 1.82) is 0 Å². The Morgan fingerprint density at radius 2 is 1.55 bits per heavy atom. The number of aryl methyl sites for hydroxylation is 1. The first kappa shape index (κ1) is 18.2. The van der Waals surface area contributed by atoms with Gasteiger partial charge in [-0.25, -0.2) is 15.0 Å². The molecule has 6 heteroatoms. The molecule has 7 rings (SSSR count). The second kappa shape index (κ2) is 6.77. The Kier molecular flexibility index (Phi) is 3.73. The van der Waals surface area contributed by atoms with Gasteiger partial charge in [0.1, 0.15) is 0 Å². The summed E-state index contributed by atoms with van der Waals surface area (Å²) in [7, 11) is 0. The van der Waals surface area contributed by atoms with Crippen LogP contribution in [-0.2, 0) is 6.54 Å². The summed E-state index contributed by atoms with van der Waals surface area (Å²) in [5, 5.41) is 2.43. The standard InChI is InChI=1S/C27H19N5O/c1-2-31-22-11-6-3-8-18(22)19-16-17(13-14-23(19)31)32-26(24-12-7-15-33-24)30-25-27(32)29-21-10-5-4-9-20(21)28-25/h3-16H,2H2,1H3. The lowest BCUT2D eigenvalue weighted by atomic mass is 10.1. The van der Waals surface area contributed by atoms with Gasteiger partial charge in [-0.2, -0.15) is 0 Å². The van der Waals surface area contributed by atoms with Gasteiger partial charge >= 0.3 is 0 Å². The van der Waals surface area contributed by atoms with Crippen molar-refractivity contribution in [2.24, 2.45) is 0 Å². The highest BCUT2D eigenvalue weighted by Crippen LogP contribution is 2.34. The third-order valence-electron chi connectivity index (χ3n) is 6.24. The zero-order valence-electron chi connectivity index (χ0n) is 17.9. The summed E-state index contributed by atoms with van der Waals surface area (Å²) in [6.45, 7) is 3.09. The SMILES string of the molecule is CCn1c2ccccc2c2cc(-n3c(-c4ccco4)nc4nc5ccccc5nc43)ccc21. The molecule has 0 amide bonds. The van der Waals surface area contributed by atoms with E-state index in [1.54, 1.807) is 6.26 Å². The number of imidazole rings is 1. The van der Waals surface area contributed by atoms with Crippen molar-refractivity contribution in [2.45, 2.75) is 13.5 Å². The smallest absolute Gasteiger partial charge is 0.199 e. The number of benzene rings is 3. The van der Waals surface area contributed by atoms with Gasteiger partial charge in [0.25, 0.3) is 0 Å². The van der Waals surface area contributed by atoms with E-state index in [0.717, 1.165) is 23.3 Å². The second-order valence-electron chi connectivity index (χ2n) is 8.07. The first-order valence-corrected chi connectivity index (χ1v) is 11.0. The minimum absolute atomic E-state index is 0.594. The van der Waals surface area contributed by atoms with E-state index in [1.165, 1.54) is 21.8 Å².